The molecule has 5 nitrogen and oxygen atoms in total. The van der Waals surface area contributed by atoms with E-state index in [0.717, 1.165) is 32.1 Å². The molecule has 1 amide bonds. The topological polar surface area (TPSA) is 63.2 Å². The number of methoxy groups -OCH3 is 1. The predicted molar refractivity (Wildman–Crippen MR) is 134 cm³/mol. The van der Waals surface area contributed by atoms with Crippen molar-refractivity contribution >= 4 is 66.4 Å². The van der Waals surface area contributed by atoms with Crippen molar-refractivity contribution in [2.75, 3.05) is 12.4 Å². The fourth-order valence-corrected chi connectivity index (χ4v) is 4.91. The zero-order valence-electron chi connectivity index (χ0n) is 16.7. The molecule has 4 rings (SSSR count). The number of amides is 1. The Morgan fingerprint density at radius 3 is 2.74 bits per heavy atom. The molecule has 0 spiro atoms. The van der Waals surface area contributed by atoms with Gasteiger partial charge in [0.1, 0.15) is 5.75 Å². The highest BCUT2D eigenvalue weighted by Crippen LogP contribution is 2.31. The standard InChI is InChI=1S/C23H18BrN3O2S2/c1-13-10-15(24)11-18(20(13)29-2)21(28)26-22(30)27-23-25-19(12-31-23)17-9-5-7-14-6-3-4-8-16(14)17/h3-12H,1-2H3,(H2,25,26,27,28,30). The Kier molecular flexibility index (Phi) is 6.31. The summed E-state index contributed by atoms with van der Waals surface area (Å²) in [5.41, 5.74) is 3.14. The number of carbonyl (C=O) groups excluding carboxylic acids is 1. The molecule has 8 heteroatoms. The molecule has 0 aliphatic heterocycles. The second-order valence-electron chi connectivity index (χ2n) is 6.78. The lowest BCUT2D eigenvalue weighted by atomic mass is 10.0. The summed E-state index contributed by atoms with van der Waals surface area (Å²) in [5.74, 6) is 0.153. The maximum Gasteiger partial charge on any atom is 0.261 e. The Balaban J connectivity index is 1.51. The van der Waals surface area contributed by atoms with Gasteiger partial charge < -0.3 is 10.1 Å². The summed E-state index contributed by atoms with van der Waals surface area (Å²) in [6, 6.07) is 17.9. The Hall–Kier alpha value is -2.81. The van der Waals surface area contributed by atoms with Crippen LogP contribution >= 0.6 is 39.5 Å². The fourth-order valence-electron chi connectivity index (χ4n) is 3.37. The first kappa shape index (κ1) is 21.4. The molecule has 0 aliphatic carbocycles. The number of thiazole rings is 1. The number of aryl methyl sites for hydroxylation is 1. The molecule has 156 valence electrons. The summed E-state index contributed by atoms with van der Waals surface area (Å²) in [4.78, 5) is 17.4. The molecule has 0 radical (unpaired) electrons. The zero-order valence-corrected chi connectivity index (χ0v) is 20.0. The van der Waals surface area contributed by atoms with Crippen LogP contribution in [0.15, 0.2) is 64.5 Å². The van der Waals surface area contributed by atoms with Gasteiger partial charge in [0.25, 0.3) is 5.91 Å². The highest BCUT2D eigenvalue weighted by molar-refractivity contribution is 9.10. The van der Waals surface area contributed by atoms with Gasteiger partial charge in [-0.05, 0) is 47.6 Å². The highest BCUT2D eigenvalue weighted by atomic mass is 79.9. The summed E-state index contributed by atoms with van der Waals surface area (Å²) in [5, 5.41) is 10.7. The van der Waals surface area contributed by atoms with Crippen LogP contribution in [0.3, 0.4) is 0 Å². The second-order valence-corrected chi connectivity index (χ2v) is 8.96. The van der Waals surface area contributed by atoms with Crippen LogP contribution in [-0.2, 0) is 0 Å². The molecular formula is C23H18BrN3O2S2. The summed E-state index contributed by atoms with van der Waals surface area (Å²) in [6.45, 7) is 1.88. The fraction of sp³-hybridized carbons (Fsp3) is 0.0870. The minimum atomic E-state index is -0.357. The van der Waals surface area contributed by atoms with Crippen LogP contribution in [0.2, 0.25) is 0 Å². The summed E-state index contributed by atoms with van der Waals surface area (Å²) >= 11 is 10.2. The minimum Gasteiger partial charge on any atom is -0.496 e. The van der Waals surface area contributed by atoms with Gasteiger partial charge in [0, 0.05) is 15.4 Å². The van der Waals surface area contributed by atoms with E-state index in [-0.39, 0.29) is 11.0 Å². The highest BCUT2D eigenvalue weighted by Gasteiger charge is 2.17. The number of fused-ring (bicyclic) bond motifs is 1. The number of nitrogens with one attached hydrogen (secondary N) is 2. The first-order valence-electron chi connectivity index (χ1n) is 9.36. The first-order chi connectivity index (χ1) is 15.0. The van der Waals surface area contributed by atoms with E-state index in [1.165, 1.54) is 18.4 Å². The van der Waals surface area contributed by atoms with Gasteiger partial charge in [-0.1, -0.05) is 58.4 Å². The number of benzene rings is 3. The third-order valence-corrected chi connectivity index (χ3v) is 6.13. The van der Waals surface area contributed by atoms with E-state index >= 15 is 0 Å². The number of hydrogen-bond donors (Lipinski definition) is 2. The molecule has 0 unspecified atom stereocenters. The smallest absolute Gasteiger partial charge is 0.261 e. The van der Waals surface area contributed by atoms with Crippen molar-refractivity contribution in [3.63, 3.8) is 0 Å². The van der Waals surface area contributed by atoms with Crippen molar-refractivity contribution in [3.8, 4) is 17.0 Å². The van der Waals surface area contributed by atoms with Gasteiger partial charge in [-0.15, -0.1) is 11.3 Å². The van der Waals surface area contributed by atoms with Gasteiger partial charge in [0.2, 0.25) is 0 Å². The number of carbonyl (C=O) groups is 1. The summed E-state index contributed by atoms with van der Waals surface area (Å²) in [6.07, 6.45) is 0. The van der Waals surface area contributed by atoms with E-state index in [4.69, 9.17) is 17.0 Å². The van der Waals surface area contributed by atoms with E-state index in [1.807, 2.05) is 42.6 Å². The molecule has 4 aromatic rings. The van der Waals surface area contributed by atoms with Gasteiger partial charge in [-0.25, -0.2) is 4.98 Å². The molecule has 0 atom stereocenters. The lowest BCUT2D eigenvalue weighted by Gasteiger charge is -2.13. The average molecular weight is 512 g/mol. The van der Waals surface area contributed by atoms with Crippen LogP contribution in [0.25, 0.3) is 22.0 Å². The third-order valence-electron chi connectivity index (χ3n) is 4.71. The number of rotatable bonds is 4. The van der Waals surface area contributed by atoms with Gasteiger partial charge in [-0.3, -0.25) is 10.1 Å². The Bertz CT molecular complexity index is 1300. The van der Waals surface area contributed by atoms with Crippen LogP contribution in [0.1, 0.15) is 15.9 Å². The number of anilines is 1. The molecule has 31 heavy (non-hydrogen) atoms. The van der Waals surface area contributed by atoms with Crippen molar-refractivity contribution in [2.24, 2.45) is 0 Å². The zero-order chi connectivity index (χ0) is 22.0. The van der Waals surface area contributed by atoms with E-state index in [9.17, 15) is 4.79 Å². The quantitative estimate of drug-likeness (QED) is 0.320. The van der Waals surface area contributed by atoms with Crippen LogP contribution in [-0.4, -0.2) is 23.1 Å². The van der Waals surface area contributed by atoms with Crippen LogP contribution < -0.4 is 15.4 Å². The van der Waals surface area contributed by atoms with Gasteiger partial charge >= 0.3 is 0 Å². The van der Waals surface area contributed by atoms with Gasteiger partial charge in [-0.2, -0.15) is 0 Å². The van der Waals surface area contributed by atoms with Crippen molar-refractivity contribution in [2.45, 2.75) is 6.92 Å². The van der Waals surface area contributed by atoms with Crippen molar-refractivity contribution in [1.29, 1.82) is 0 Å². The van der Waals surface area contributed by atoms with E-state index < -0.39 is 0 Å². The summed E-state index contributed by atoms with van der Waals surface area (Å²) < 4.78 is 6.17. The number of thiocarbonyl (C=S) groups is 1. The normalized spacial score (nSPS) is 10.7. The van der Waals surface area contributed by atoms with E-state index in [2.05, 4.69) is 49.7 Å². The SMILES string of the molecule is COc1c(C)cc(Br)cc1C(=O)NC(=S)Nc1nc(-c2cccc3ccccc23)cs1. The number of hydrogen-bond acceptors (Lipinski definition) is 5. The molecule has 0 bridgehead atoms. The number of nitrogens with zero attached hydrogens (tertiary/aromatic N) is 1. The molecule has 0 saturated heterocycles. The predicted octanol–water partition coefficient (Wildman–Crippen LogP) is 6.17. The van der Waals surface area contributed by atoms with E-state index in [1.54, 1.807) is 6.07 Å². The number of ether oxygens (including phenoxy) is 1. The molecular weight excluding hydrogens is 494 g/mol. The Labute approximate surface area is 197 Å². The van der Waals surface area contributed by atoms with Crippen LogP contribution in [0.5, 0.6) is 5.75 Å². The van der Waals surface area contributed by atoms with Crippen LogP contribution in [0, 0.1) is 6.92 Å². The van der Waals surface area contributed by atoms with Crippen LogP contribution in [0.4, 0.5) is 5.13 Å². The lowest BCUT2D eigenvalue weighted by Crippen LogP contribution is -2.34. The van der Waals surface area contributed by atoms with Crippen molar-refractivity contribution in [1.82, 2.24) is 10.3 Å². The van der Waals surface area contributed by atoms with Gasteiger partial charge in [0.05, 0.1) is 18.4 Å². The maximum atomic E-state index is 12.7. The third kappa shape index (κ3) is 4.61. The molecule has 3 aromatic carbocycles. The molecule has 0 saturated carbocycles. The lowest BCUT2D eigenvalue weighted by molar-refractivity contribution is 0.0974. The largest absolute Gasteiger partial charge is 0.496 e. The molecule has 0 aliphatic rings. The average Bonchev–Trinajstić information content (AvgIpc) is 3.20. The second kappa shape index (κ2) is 9.13. The van der Waals surface area contributed by atoms with Crippen molar-refractivity contribution < 1.29 is 9.53 Å². The van der Waals surface area contributed by atoms with Gasteiger partial charge in [0.15, 0.2) is 10.2 Å². The maximum absolute atomic E-state index is 12.7. The minimum absolute atomic E-state index is 0.170. The molecule has 0 fully saturated rings. The molecule has 1 heterocycles. The number of halogens is 1. The summed E-state index contributed by atoms with van der Waals surface area (Å²) in [7, 11) is 1.54. The monoisotopic (exact) mass is 511 g/mol. The Morgan fingerprint density at radius 1 is 1.16 bits per heavy atom. The van der Waals surface area contributed by atoms with E-state index in [0.29, 0.717) is 16.4 Å². The Morgan fingerprint density at radius 2 is 1.94 bits per heavy atom. The molecule has 1 aromatic heterocycles. The number of aromatic nitrogens is 1. The first-order valence-corrected chi connectivity index (χ1v) is 11.4. The molecule has 2 N–H and O–H groups in total. The van der Waals surface area contributed by atoms with Crippen molar-refractivity contribution in [3.05, 3.63) is 75.6 Å².